The topological polar surface area (TPSA) is 55.1 Å². The van der Waals surface area contributed by atoms with Crippen molar-refractivity contribution >= 4 is 29.0 Å². The van der Waals surface area contributed by atoms with Gasteiger partial charge in [-0.3, -0.25) is 4.79 Å². The molecule has 122 valence electrons. The minimum absolute atomic E-state index is 0.00820. The van der Waals surface area contributed by atoms with Gasteiger partial charge in [0.05, 0.1) is 5.25 Å². The molecule has 0 fully saturated rings. The summed E-state index contributed by atoms with van der Waals surface area (Å²) in [6.07, 6.45) is 1.80. The van der Waals surface area contributed by atoms with E-state index < -0.39 is 0 Å². The monoisotopic (exact) mass is 328 g/mol. The van der Waals surface area contributed by atoms with Gasteiger partial charge in [-0.1, -0.05) is 44.2 Å². The highest BCUT2D eigenvalue weighted by molar-refractivity contribution is 8.00. The maximum absolute atomic E-state index is 12.6. The molecule has 0 radical (unpaired) electrons. The van der Waals surface area contributed by atoms with Gasteiger partial charge in [0, 0.05) is 16.3 Å². The van der Waals surface area contributed by atoms with E-state index in [9.17, 15) is 4.79 Å². The predicted octanol–water partition coefficient (Wildman–Crippen LogP) is 4.51. The van der Waals surface area contributed by atoms with Gasteiger partial charge in [0.1, 0.15) is 0 Å². The number of nitrogens with two attached hydrogens (primary N) is 1. The number of amides is 1. The van der Waals surface area contributed by atoms with E-state index in [0.717, 1.165) is 23.4 Å². The number of rotatable bonds is 6. The molecule has 0 saturated heterocycles. The second-order valence-electron chi connectivity index (χ2n) is 5.45. The Morgan fingerprint density at radius 2 is 1.70 bits per heavy atom. The summed E-state index contributed by atoms with van der Waals surface area (Å²) in [5, 5.41) is 2.91. The molecule has 23 heavy (non-hydrogen) atoms. The van der Waals surface area contributed by atoms with Gasteiger partial charge in [-0.25, -0.2) is 0 Å². The Morgan fingerprint density at radius 3 is 2.26 bits per heavy atom. The number of hydrogen-bond donors (Lipinski definition) is 2. The fourth-order valence-electron chi connectivity index (χ4n) is 2.46. The van der Waals surface area contributed by atoms with Gasteiger partial charge >= 0.3 is 0 Å². The van der Waals surface area contributed by atoms with Crippen molar-refractivity contribution in [1.82, 2.24) is 0 Å². The molecule has 0 saturated carbocycles. The molecule has 0 spiro atoms. The molecule has 3 nitrogen and oxygen atoms in total. The number of thioether (sulfide) groups is 1. The molecule has 0 aliphatic heterocycles. The molecule has 2 rings (SSSR count). The van der Waals surface area contributed by atoms with Crippen molar-refractivity contribution in [3.63, 3.8) is 0 Å². The molecule has 3 N–H and O–H groups in total. The first kappa shape index (κ1) is 17.4. The van der Waals surface area contributed by atoms with Crippen LogP contribution in [0.1, 0.15) is 31.9 Å². The number of para-hydroxylation sites is 2. The average molecular weight is 328 g/mol. The number of carbonyl (C=O) groups excluding carboxylic acids is 1. The Morgan fingerprint density at radius 1 is 1.09 bits per heavy atom. The molecular formula is C19H24N2OS. The highest BCUT2D eigenvalue weighted by Gasteiger charge is 2.18. The maximum Gasteiger partial charge on any atom is 0.237 e. The summed E-state index contributed by atoms with van der Waals surface area (Å²) in [7, 11) is 0. The SMILES string of the molecule is CCc1cccc(CC)c1NC(=O)C(C)Sc1ccccc1N. The smallest absolute Gasteiger partial charge is 0.237 e. The van der Waals surface area contributed by atoms with E-state index in [1.165, 1.54) is 22.9 Å². The summed E-state index contributed by atoms with van der Waals surface area (Å²) in [5.41, 5.74) is 9.99. The van der Waals surface area contributed by atoms with Crippen LogP contribution in [0.25, 0.3) is 0 Å². The molecule has 1 unspecified atom stereocenters. The van der Waals surface area contributed by atoms with Crippen molar-refractivity contribution in [1.29, 1.82) is 0 Å². The molecule has 0 aromatic heterocycles. The Labute approximate surface area is 142 Å². The number of benzene rings is 2. The first-order chi connectivity index (χ1) is 11.1. The second-order valence-corrected chi connectivity index (χ2v) is 6.83. The molecule has 2 aromatic rings. The van der Waals surface area contributed by atoms with E-state index in [4.69, 9.17) is 5.73 Å². The third-order valence-electron chi connectivity index (χ3n) is 3.84. The first-order valence-corrected chi connectivity index (χ1v) is 8.87. The Hall–Kier alpha value is -1.94. The van der Waals surface area contributed by atoms with Crippen LogP contribution in [-0.4, -0.2) is 11.2 Å². The number of carbonyl (C=O) groups is 1. The number of hydrogen-bond acceptors (Lipinski definition) is 3. The fourth-order valence-corrected chi connectivity index (χ4v) is 3.37. The average Bonchev–Trinajstić information content (AvgIpc) is 2.56. The third kappa shape index (κ3) is 4.29. The Balaban J connectivity index is 2.14. The van der Waals surface area contributed by atoms with Gasteiger partial charge in [-0.15, -0.1) is 11.8 Å². The van der Waals surface area contributed by atoms with Crippen LogP contribution in [0.3, 0.4) is 0 Å². The zero-order chi connectivity index (χ0) is 16.8. The molecule has 0 aliphatic rings. The summed E-state index contributed by atoms with van der Waals surface area (Å²) in [6, 6.07) is 13.8. The zero-order valence-electron chi connectivity index (χ0n) is 13.9. The van der Waals surface area contributed by atoms with Crippen LogP contribution in [-0.2, 0) is 17.6 Å². The molecule has 0 aliphatic carbocycles. The predicted molar refractivity (Wildman–Crippen MR) is 100 cm³/mol. The van der Waals surface area contributed by atoms with Crippen molar-refractivity contribution in [3.8, 4) is 0 Å². The normalized spacial score (nSPS) is 12.0. The quantitative estimate of drug-likeness (QED) is 0.606. The molecule has 0 bridgehead atoms. The number of aryl methyl sites for hydroxylation is 2. The van der Waals surface area contributed by atoms with Crippen molar-refractivity contribution in [2.24, 2.45) is 0 Å². The number of anilines is 2. The van der Waals surface area contributed by atoms with Crippen LogP contribution in [0.2, 0.25) is 0 Å². The lowest BCUT2D eigenvalue weighted by Gasteiger charge is -2.17. The molecule has 2 aromatic carbocycles. The van der Waals surface area contributed by atoms with Crippen molar-refractivity contribution in [2.45, 2.75) is 43.8 Å². The summed E-state index contributed by atoms with van der Waals surface area (Å²) in [5.74, 6) is 0.00820. The van der Waals surface area contributed by atoms with Crippen LogP contribution in [0.15, 0.2) is 47.4 Å². The summed E-state index contributed by atoms with van der Waals surface area (Å²) >= 11 is 1.49. The lowest BCUT2D eigenvalue weighted by Crippen LogP contribution is -2.24. The van der Waals surface area contributed by atoms with E-state index in [0.29, 0.717) is 5.69 Å². The Kier molecular flexibility index (Phi) is 6.11. The fraction of sp³-hybridized carbons (Fsp3) is 0.316. The van der Waals surface area contributed by atoms with Crippen LogP contribution >= 0.6 is 11.8 Å². The molecular weight excluding hydrogens is 304 g/mol. The summed E-state index contributed by atoms with van der Waals surface area (Å²) < 4.78 is 0. The summed E-state index contributed by atoms with van der Waals surface area (Å²) in [4.78, 5) is 13.5. The zero-order valence-corrected chi connectivity index (χ0v) is 14.7. The maximum atomic E-state index is 12.6. The Bertz CT molecular complexity index is 663. The highest BCUT2D eigenvalue weighted by Crippen LogP contribution is 2.30. The van der Waals surface area contributed by atoms with Crippen LogP contribution in [0.4, 0.5) is 11.4 Å². The second kappa shape index (κ2) is 8.06. The third-order valence-corrected chi connectivity index (χ3v) is 5.03. The van der Waals surface area contributed by atoms with Gasteiger partial charge in [0.2, 0.25) is 5.91 Å². The van der Waals surface area contributed by atoms with E-state index in [1.54, 1.807) is 0 Å². The van der Waals surface area contributed by atoms with Crippen molar-refractivity contribution < 1.29 is 4.79 Å². The van der Waals surface area contributed by atoms with Crippen LogP contribution < -0.4 is 11.1 Å². The van der Waals surface area contributed by atoms with Crippen LogP contribution in [0.5, 0.6) is 0 Å². The number of nitrogens with one attached hydrogen (secondary N) is 1. The summed E-state index contributed by atoms with van der Waals surface area (Å²) in [6.45, 7) is 6.12. The van der Waals surface area contributed by atoms with Crippen LogP contribution in [0, 0.1) is 0 Å². The van der Waals surface area contributed by atoms with Crippen molar-refractivity contribution in [2.75, 3.05) is 11.1 Å². The molecule has 4 heteroatoms. The van der Waals surface area contributed by atoms with Gasteiger partial charge in [-0.05, 0) is 43.0 Å². The minimum atomic E-state index is -0.214. The van der Waals surface area contributed by atoms with E-state index in [-0.39, 0.29) is 11.2 Å². The standard InChI is InChI=1S/C19H24N2OS/c1-4-14-9-8-10-15(5-2)18(14)21-19(22)13(3)23-17-12-7-6-11-16(17)20/h6-13H,4-5,20H2,1-3H3,(H,21,22). The van der Waals surface area contributed by atoms with Gasteiger partial charge in [0.15, 0.2) is 0 Å². The molecule has 1 amide bonds. The minimum Gasteiger partial charge on any atom is -0.398 e. The largest absolute Gasteiger partial charge is 0.398 e. The highest BCUT2D eigenvalue weighted by atomic mass is 32.2. The molecule has 1 atom stereocenters. The lowest BCUT2D eigenvalue weighted by molar-refractivity contribution is -0.115. The first-order valence-electron chi connectivity index (χ1n) is 7.99. The van der Waals surface area contributed by atoms with E-state index >= 15 is 0 Å². The lowest BCUT2D eigenvalue weighted by atomic mass is 10.0. The van der Waals surface area contributed by atoms with E-state index in [2.05, 4.69) is 37.4 Å². The van der Waals surface area contributed by atoms with Gasteiger partial charge < -0.3 is 11.1 Å². The van der Waals surface area contributed by atoms with Crippen molar-refractivity contribution in [3.05, 3.63) is 53.6 Å². The molecule has 0 heterocycles. The van der Waals surface area contributed by atoms with E-state index in [1.807, 2.05) is 31.2 Å². The number of nitrogen functional groups attached to an aromatic ring is 1. The van der Waals surface area contributed by atoms with Gasteiger partial charge in [-0.2, -0.15) is 0 Å². The van der Waals surface area contributed by atoms with Gasteiger partial charge in [0.25, 0.3) is 0 Å².